The molecule has 1 aliphatic heterocycles. The van der Waals surface area contributed by atoms with Gasteiger partial charge in [-0.05, 0) is 12.1 Å². The van der Waals surface area contributed by atoms with Crippen molar-refractivity contribution < 1.29 is 17.9 Å². The summed E-state index contributed by atoms with van der Waals surface area (Å²) in [5.41, 5.74) is 6.83. The molecule has 3 rings (SSSR count). The van der Waals surface area contributed by atoms with Gasteiger partial charge in [0.05, 0.1) is 0 Å². The van der Waals surface area contributed by atoms with Crippen molar-refractivity contribution in [2.24, 2.45) is 5.73 Å². The zero-order valence-electron chi connectivity index (χ0n) is 10.4. The number of rotatable bonds is 1. The Labute approximate surface area is 114 Å². The molecule has 1 heterocycles. The molecule has 2 N–H and O–H groups in total. The van der Waals surface area contributed by atoms with E-state index in [9.17, 15) is 13.2 Å². The Balaban J connectivity index is 2.00. The van der Waals surface area contributed by atoms with Crippen molar-refractivity contribution in [3.05, 3.63) is 65.0 Å². The van der Waals surface area contributed by atoms with Crippen LogP contribution in [-0.2, 0) is 0 Å². The van der Waals surface area contributed by atoms with Crippen molar-refractivity contribution in [2.75, 3.05) is 0 Å². The Hall–Kier alpha value is -2.01. The molecule has 0 radical (unpaired) electrons. The summed E-state index contributed by atoms with van der Waals surface area (Å²) in [4.78, 5) is 0. The summed E-state index contributed by atoms with van der Waals surface area (Å²) in [7, 11) is 0. The Bertz CT molecular complexity index is 660. The summed E-state index contributed by atoms with van der Waals surface area (Å²) in [5.74, 6) is -2.61. The molecule has 2 atom stereocenters. The SMILES string of the molecule is N[C@@H]1CC(c2cc(F)c(F)cc2F)Oc2ccccc21. The van der Waals surface area contributed by atoms with E-state index in [1.54, 1.807) is 12.1 Å². The normalized spacial score (nSPS) is 21.2. The average molecular weight is 279 g/mol. The van der Waals surface area contributed by atoms with E-state index in [0.29, 0.717) is 18.2 Å². The van der Waals surface area contributed by atoms with Crippen molar-refractivity contribution in [2.45, 2.75) is 18.6 Å². The van der Waals surface area contributed by atoms with Gasteiger partial charge in [-0.3, -0.25) is 0 Å². The first-order valence-corrected chi connectivity index (χ1v) is 6.22. The molecule has 0 saturated carbocycles. The third-order valence-corrected chi connectivity index (χ3v) is 3.44. The van der Waals surface area contributed by atoms with Gasteiger partial charge in [0.15, 0.2) is 11.6 Å². The fourth-order valence-electron chi connectivity index (χ4n) is 2.43. The largest absolute Gasteiger partial charge is 0.485 e. The minimum absolute atomic E-state index is 0.0196. The molecule has 2 nitrogen and oxygen atoms in total. The molecule has 0 fully saturated rings. The van der Waals surface area contributed by atoms with Gasteiger partial charge in [0.1, 0.15) is 17.7 Å². The van der Waals surface area contributed by atoms with Crippen LogP contribution in [0.25, 0.3) is 0 Å². The standard InChI is InChI=1S/C15H12F3NO/c16-10-6-12(18)11(17)5-9(10)15-7-13(19)8-3-1-2-4-14(8)20-15/h1-6,13,15H,7,19H2/t13-,15?/m1/s1. The van der Waals surface area contributed by atoms with E-state index in [0.717, 1.165) is 11.6 Å². The number of fused-ring (bicyclic) bond motifs is 1. The van der Waals surface area contributed by atoms with E-state index in [4.69, 9.17) is 10.5 Å². The number of benzene rings is 2. The number of hydrogen-bond acceptors (Lipinski definition) is 2. The van der Waals surface area contributed by atoms with E-state index in [-0.39, 0.29) is 11.6 Å². The number of ether oxygens (including phenoxy) is 1. The predicted molar refractivity (Wildman–Crippen MR) is 67.7 cm³/mol. The second-order valence-corrected chi connectivity index (χ2v) is 4.77. The maximum absolute atomic E-state index is 13.8. The van der Waals surface area contributed by atoms with Crippen molar-refractivity contribution in [3.63, 3.8) is 0 Å². The lowest BCUT2D eigenvalue weighted by Gasteiger charge is -2.30. The van der Waals surface area contributed by atoms with Crippen LogP contribution in [0.4, 0.5) is 13.2 Å². The van der Waals surface area contributed by atoms with Gasteiger partial charge < -0.3 is 10.5 Å². The molecule has 0 amide bonds. The number of hydrogen-bond donors (Lipinski definition) is 1. The average Bonchev–Trinajstić information content (AvgIpc) is 2.43. The second-order valence-electron chi connectivity index (χ2n) is 4.77. The summed E-state index contributed by atoms with van der Waals surface area (Å²) < 4.78 is 45.7. The van der Waals surface area contributed by atoms with Crippen LogP contribution >= 0.6 is 0 Å². The summed E-state index contributed by atoms with van der Waals surface area (Å²) >= 11 is 0. The quantitative estimate of drug-likeness (QED) is 0.809. The molecule has 0 saturated heterocycles. The van der Waals surface area contributed by atoms with Crippen LogP contribution in [0.15, 0.2) is 36.4 Å². The third-order valence-electron chi connectivity index (χ3n) is 3.44. The first-order valence-electron chi connectivity index (χ1n) is 6.22. The molecule has 1 aliphatic rings. The number of nitrogens with two attached hydrogens (primary N) is 1. The van der Waals surface area contributed by atoms with E-state index in [1.807, 2.05) is 12.1 Å². The molecule has 0 aliphatic carbocycles. The number of halogens is 3. The van der Waals surface area contributed by atoms with Gasteiger partial charge in [-0.25, -0.2) is 13.2 Å². The van der Waals surface area contributed by atoms with Crippen LogP contribution in [0.2, 0.25) is 0 Å². The Morgan fingerprint density at radius 1 is 0.950 bits per heavy atom. The molecule has 0 spiro atoms. The van der Waals surface area contributed by atoms with E-state index in [2.05, 4.69) is 0 Å². The van der Waals surface area contributed by atoms with Crippen molar-refractivity contribution in [1.29, 1.82) is 0 Å². The van der Waals surface area contributed by atoms with Crippen molar-refractivity contribution >= 4 is 0 Å². The van der Waals surface area contributed by atoms with Crippen LogP contribution in [-0.4, -0.2) is 0 Å². The summed E-state index contributed by atoms with van der Waals surface area (Å²) in [5, 5.41) is 0. The molecular formula is C15H12F3NO. The van der Waals surface area contributed by atoms with Crippen LogP contribution in [0, 0.1) is 17.5 Å². The molecule has 2 aromatic rings. The van der Waals surface area contributed by atoms with Gasteiger partial charge in [-0.15, -0.1) is 0 Å². The van der Waals surface area contributed by atoms with E-state index < -0.39 is 23.6 Å². The van der Waals surface area contributed by atoms with Crippen molar-refractivity contribution in [3.8, 4) is 5.75 Å². The molecule has 104 valence electrons. The first kappa shape index (κ1) is 13.0. The van der Waals surface area contributed by atoms with Gasteiger partial charge in [-0.2, -0.15) is 0 Å². The van der Waals surface area contributed by atoms with Gasteiger partial charge in [0.25, 0.3) is 0 Å². The zero-order chi connectivity index (χ0) is 14.3. The lowest BCUT2D eigenvalue weighted by atomic mass is 9.93. The summed E-state index contributed by atoms with van der Waals surface area (Å²) in [6.45, 7) is 0. The van der Waals surface area contributed by atoms with Gasteiger partial charge in [-0.1, -0.05) is 18.2 Å². The van der Waals surface area contributed by atoms with Crippen molar-refractivity contribution in [1.82, 2.24) is 0 Å². The highest BCUT2D eigenvalue weighted by molar-refractivity contribution is 5.39. The molecule has 2 aromatic carbocycles. The van der Waals surface area contributed by atoms with Gasteiger partial charge in [0.2, 0.25) is 0 Å². The molecule has 5 heteroatoms. The lowest BCUT2D eigenvalue weighted by molar-refractivity contribution is 0.156. The lowest BCUT2D eigenvalue weighted by Crippen LogP contribution is -2.24. The summed E-state index contributed by atoms with van der Waals surface area (Å²) in [6.07, 6.45) is -0.422. The topological polar surface area (TPSA) is 35.2 Å². The molecular weight excluding hydrogens is 267 g/mol. The third kappa shape index (κ3) is 2.14. The van der Waals surface area contributed by atoms with Crippen LogP contribution in [0.5, 0.6) is 5.75 Å². The first-order chi connectivity index (χ1) is 9.56. The van der Waals surface area contributed by atoms with Crippen LogP contribution in [0.3, 0.4) is 0 Å². The minimum atomic E-state index is -1.22. The smallest absolute Gasteiger partial charge is 0.161 e. The van der Waals surface area contributed by atoms with Gasteiger partial charge in [0, 0.05) is 29.7 Å². The molecule has 0 aromatic heterocycles. The molecule has 0 bridgehead atoms. The number of para-hydroxylation sites is 1. The Morgan fingerprint density at radius 2 is 1.65 bits per heavy atom. The monoisotopic (exact) mass is 279 g/mol. The minimum Gasteiger partial charge on any atom is -0.485 e. The highest BCUT2D eigenvalue weighted by Gasteiger charge is 2.29. The second kappa shape index (κ2) is 4.83. The maximum Gasteiger partial charge on any atom is 0.161 e. The predicted octanol–water partition coefficient (Wildman–Crippen LogP) is 3.63. The Kier molecular flexibility index (Phi) is 3.14. The highest BCUT2D eigenvalue weighted by atomic mass is 19.2. The van der Waals surface area contributed by atoms with E-state index >= 15 is 0 Å². The summed E-state index contributed by atoms with van der Waals surface area (Å²) in [6, 6.07) is 8.18. The van der Waals surface area contributed by atoms with E-state index in [1.165, 1.54) is 0 Å². The Morgan fingerprint density at radius 3 is 2.45 bits per heavy atom. The molecule has 20 heavy (non-hydrogen) atoms. The zero-order valence-corrected chi connectivity index (χ0v) is 10.4. The van der Waals surface area contributed by atoms with Gasteiger partial charge >= 0.3 is 0 Å². The fraction of sp³-hybridized carbons (Fsp3) is 0.200. The maximum atomic E-state index is 13.8. The highest BCUT2D eigenvalue weighted by Crippen LogP contribution is 2.40. The van der Waals surface area contributed by atoms with Crippen LogP contribution < -0.4 is 10.5 Å². The van der Waals surface area contributed by atoms with Crippen LogP contribution in [0.1, 0.15) is 29.7 Å². The molecule has 1 unspecified atom stereocenters. The fourth-order valence-corrected chi connectivity index (χ4v) is 2.43.